The maximum Gasteiger partial charge on any atom is 0.407 e. The molecule has 7 saturated heterocycles. The summed E-state index contributed by atoms with van der Waals surface area (Å²) < 4.78 is 57.4. The molecule has 0 aliphatic carbocycles. The molecule has 18 atom stereocenters. The zero-order chi connectivity index (χ0) is 57.3. The molecule has 5 amide bonds. The number of amides is 5. The number of Topliss-reactive ketones (excluding diaryl/α,β-unsaturated/α-hetero) is 1. The molecule has 4 bridgehead atoms. The number of nitrogens with one attached hydrogen (secondary N) is 4. The second kappa shape index (κ2) is 28.1. The Morgan fingerprint density at radius 2 is 1.64 bits per heavy atom. The van der Waals surface area contributed by atoms with E-state index < -0.39 is 60.1 Å². The number of aliphatic hydroxyl groups excluding tert-OH is 1. The zero-order valence-corrected chi connectivity index (χ0v) is 47.6. The van der Waals surface area contributed by atoms with Crippen molar-refractivity contribution in [3.63, 3.8) is 0 Å². The van der Waals surface area contributed by atoms with E-state index in [2.05, 4.69) is 48.3 Å². The number of primary amides is 1. The van der Waals surface area contributed by atoms with Gasteiger partial charge in [-0.15, -0.1) is 0 Å². The van der Waals surface area contributed by atoms with Crippen molar-refractivity contribution in [2.75, 3.05) is 32.1 Å². The first-order valence-electron chi connectivity index (χ1n) is 29.3. The molecule has 9 N–H and O–H groups in total. The number of ether oxygens (including phenoxy) is 9. The summed E-state index contributed by atoms with van der Waals surface area (Å²) in [7, 11) is 1.57. The van der Waals surface area contributed by atoms with Gasteiger partial charge >= 0.3 is 12.1 Å². The first-order valence-corrected chi connectivity index (χ1v) is 29.3. The number of rotatable bonds is 26. The standard InChI is InChI=1S/C59H90N6O15/c1-32(2)52(60)56(69)65-45(9-8-22-62-57(61)70)55(68)64-39-12-10-37(11-13-39)30-74-58(71)63-29-41(67)27-50-53(72-7)38(31-73-50)25-40(66)26-43-15-17-48-54(77-43)51-28-49(78-48)47-19-21-59(79-47,80-51)20-18-44-24-34(4)46(76-44)16-14-42-23-33(3)35(5)36(6)75-42/h10-13,32-33,36,38,41-54,67H,4-5,8-9,14-31,60H2,1-3,6-7H3,(H,63,71)(H,64,68)(H,65,69)(H3,61,62,70)/t33-,36-,38+,41?,42?,43?,44+,45?,46+,47?,48+,49-,50-,51-,52+,53-,54+,59+/m1/s1. The summed E-state index contributed by atoms with van der Waals surface area (Å²) in [5, 5.41) is 21.5. The number of fused-ring (bicyclic) bond motifs is 7. The lowest BCUT2D eigenvalue weighted by Gasteiger charge is -2.47. The van der Waals surface area contributed by atoms with E-state index in [1.165, 1.54) is 5.57 Å². The Morgan fingerprint density at radius 3 is 2.38 bits per heavy atom. The number of alkyl carbamates (subject to hydrolysis) is 1. The molecule has 5 unspecified atom stereocenters. The fourth-order valence-electron chi connectivity index (χ4n) is 12.8. The molecule has 80 heavy (non-hydrogen) atoms. The van der Waals surface area contributed by atoms with E-state index in [0.29, 0.717) is 42.9 Å². The topological polar surface area (TPSA) is 289 Å². The largest absolute Gasteiger partial charge is 0.445 e. The Balaban J connectivity index is 0.730. The third kappa shape index (κ3) is 16.4. The molecule has 1 aromatic rings. The van der Waals surface area contributed by atoms with Crippen LogP contribution in [0.5, 0.6) is 0 Å². The minimum Gasteiger partial charge on any atom is -0.445 e. The van der Waals surface area contributed by atoms with Gasteiger partial charge in [-0.1, -0.05) is 46.1 Å². The van der Waals surface area contributed by atoms with Gasteiger partial charge in [0, 0.05) is 70.3 Å². The van der Waals surface area contributed by atoms with E-state index in [-0.39, 0.29) is 131 Å². The molecule has 0 aromatic heterocycles. The van der Waals surface area contributed by atoms with E-state index >= 15 is 0 Å². The van der Waals surface area contributed by atoms with Crippen LogP contribution in [0.1, 0.15) is 136 Å². The van der Waals surface area contributed by atoms with Crippen LogP contribution in [0.15, 0.2) is 48.6 Å². The average Bonchev–Trinajstić information content (AvgIpc) is 4.18. The quantitative estimate of drug-likeness (QED) is 0.0444. The van der Waals surface area contributed by atoms with Gasteiger partial charge in [0.25, 0.3) is 0 Å². The molecule has 21 nitrogen and oxygen atoms in total. The molecule has 7 heterocycles. The summed E-state index contributed by atoms with van der Waals surface area (Å²) in [6, 6.07) is 4.18. The van der Waals surface area contributed by atoms with Gasteiger partial charge in [0.2, 0.25) is 11.8 Å². The van der Waals surface area contributed by atoms with E-state index in [4.69, 9.17) is 54.1 Å². The number of ketones is 1. The first kappa shape index (κ1) is 61.5. The summed E-state index contributed by atoms with van der Waals surface area (Å²) in [6.45, 7) is 16.9. The van der Waals surface area contributed by atoms with Gasteiger partial charge in [-0.2, -0.15) is 0 Å². The Hall–Kier alpha value is -4.55. The fraction of sp³-hybridized carbons (Fsp3) is 0.746. The Labute approximate surface area is 471 Å². The second-order valence-corrected chi connectivity index (χ2v) is 23.9. The van der Waals surface area contributed by atoms with Crippen LogP contribution in [0.2, 0.25) is 0 Å². The summed E-state index contributed by atoms with van der Waals surface area (Å²) >= 11 is 0. The lowest BCUT2D eigenvalue weighted by atomic mass is 9.86. The molecular weight excluding hydrogens is 1030 g/mol. The predicted molar refractivity (Wildman–Crippen MR) is 295 cm³/mol. The second-order valence-electron chi connectivity index (χ2n) is 23.9. The predicted octanol–water partition coefficient (Wildman–Crippen LogP) is 5.52. The highest BCUT2D eigenvalue weighted by Gasteiger charge is 2.56. The van der Waals surface area contributed by atoms with Crippen LogP contribution < -0.4 is 32.7 Å². The number of methoxy groups -OCH3 is 1. The summed E-state index contributed by atoms with van der Waals surface area (Å²) in [4.78, 5) is 63.4. The molecule has 21 heteroatoms. The molecular formula is C59H90N6O15. The van der Waals surface area contributed by atoms with Gasteiger partial charge in [-0.05, 0) is 112 Å². The number of hydrogen-bond acceptors (Lipinski definition) is 16. The number of urea groups is 1. The van der Waals surface area contributed by atoms with Crippen LogP contribution in [-0.2, 0) is 63.6 Å². The maximum atomic E-state index is 13.8. The molecule has 7 aliphatic heterocycles. The molecule has 0 radical (unpaired) electrons. The highest BCUT2D eigenvalue weighted by atomic mass is 16.7. The number of benzene rings is 1. The minimum absolute atomic E-state index is 0.0226. The summed E-state index contributed by atoms with van der Waals surface area (Å²) in [5.74, 6) is -1.55. The third-order valence-electron chi connectivity index (χ3n) is 17.5. The van der Waals surface area contributed by atoms with Gasteiger partial charge in [0.05, 0.1) is 85.9 Å². The number of nitrogens with two attached hydrogens (primary N) is 2. The number of carbonyl (C=O) groups excluding carboxylic acids is 5. The minimum atomic E-state index is -0.987. The zero-order valence-electron chi connectivity index (χ0n) is 47.6. The van der Waals surface area contributed by atoms with Crippen LogP contribution in [0.3, 0.4) is 0 Å². The van der Waals surface area contributed by atoms with Gasteiger partial charge in [0.1, 0.15) is 24.5 Å². The lowest BCUT2D eigenvalue weighted by Crippen LogP contribution is -2.56. The molecule has 0 saturated carbocycles. The van der Waals surface area contributed by atoms with Crippen molar-refractivity contribution in [1.82, 2.24) is 16.0 Å². The number of anilines is 1. The van der Waals surface area contributed by atoms with E-state index in [0.717, 1.165) is 56.9 Å². The maximum absolute atomic E-state index is 13.8. The molecule has 7 fully saturated rings. The Morgan fingerprint density at radius 1 is 0.863 bits per heavy atom. The Bertz CT molecular complexity index is 2290. The number of aliphatic hydroxyl groups is 1. The molecule has 0 spiro atoms. The number of hydrogen-bond donors (Lipinski definition) is 7. The van der Waals surface area contributed by atoms with Crippen LogP contribution in [0, 0.1) is 17.8 Å². The fourth-order valence-corrected chi connectivity index (χ4v) is 12.8. The highest BCUT2D eigenvalue weighted by Crippen LogP contribution is 2.49. The Kier molecular flexibility index (Phi) is 21.6. The van der Waals surface area contributed by atoms with Crippen molar-refractivity contribution in [2.24, 2.45) is 29.2 Å². The van der Waals surface area contributed by atoms with Gasteiger partial charge in [-0.3, -0.25) is 14.4 Å². The van der Waals surface area contributed by atoms with Crippen LogP contribution in [0.4, 0.5) is 15.3 Å². The van der Waals surface area contributed by atoms with Crippen LogP contribution >= 0.6 is 0 Å². The van der Waals surface area contributed by atoms with Crippen LogP contribution in [-0.4, -0.2) is 159 Å². The molecule has 1 aromatic carbocycles. The molecule has 7 aliphatic rings. The van der Waals surface area contributed by atoms with Crippen molar-refractivity contribution in [1.29, 1.82) is 0 Å². The van der Waals surface area contributed by atoms with Crippen LogP contribution in [0.25, 0.3) is 0 Å². The van der Waals surface area contributed by atoms with Crippen molar-refractivity contribution in [3.05, 3.63) is 54.1 Å². The van der Waals surface area contributed by atoms with Crippen molar-refractivity contribution >= 4 is 35.4 Å². The van der Waals surface area contributed by atoms with Crippen molar-refractivity contribution < 1.29 is 71.7 Å². The monoisotopic (exact) mass is 1120 g/mol. The smallest absolute Gasteiger partial charge is 0.407 e. The van der Waals surface area contributed by atoms with E-state index in [9.17, 15) is 29.1 Å². The summed E-state index contributed by atoms with van der Waals surface area (Å²) in [5.41, 5.74) is 14.5. The lowest BCUT2D eigenvalue weighted by molar-refractivity contribution is -0.276. The SMILES string of the molecule is C=C1C[C@H](CC[C@]23CCC(O2)[C@H]2C[C@@H](O3)[C@H]3OC(CC(=O)C[C@H]4CO[C@H](CC(O)CNC(=O)OCc5ccc(NC(=O)C(CCCNC(N)=O)NC(=O)[C@@H](N)C(C)C)cc5)[C@@H]4OC)CC[C@@H]3O2)O[C@H]1CCC1C[C@@H](C)C(=C)[C@@H](C)O1. The van der Waals surface area contributed by atoms with Gasteiger partial charge in [0.15, 0.2) is 5.79 Å². The van der Waals surface area contributed by atoms with Gasteiger partial charge < -0.3 is 80.5 Å². The third-order valence-corrected chi connectivity index (χ3v) is 17.5. The van der Waals surface area contributed by atoms with E-state index in [1.807, 2.05) is 0 Å². The first-order chi connectivity index (χ1) is 38.2. The summed E-state index contributed by atoms with van der Waals surface area (Å²) in [6.07, 6.45) is 6.85. The highest BCUT2D eigenvalue weighted by molar-refractivity contribution is 5.97. The van der Waals surface area contributed by atoms with E-state index in [1.54, 1.807) is 45.2 Å². The normalized spacial score (nSPS) is 34.0. The number of carbonyl (C=O) groups is 5. The van der Waals surface area contributed by atoms with Crippen molar-refractivity contribution in [2.45, 2.75) is 234 Å². The average molecular weight is 1120 g/mol. The molecule has 446 valence electrons. The van der Waals surface area contributed by atoms with Crippen molar-refractivity contribution in [3.8, 4) is 0 Å². The molecule has 8 rings (SSSR count). The van der Waals surface area contributed by atoms with Gasteiger partial charge in [-0.25, -0.2) is 9.59 Å².